The summed E-state index contributed by atoms with van der Waals surface area (Å²) in [5.41, 5.74) is 4.78. The Hall–Kier alpha value is -2.45. The summed E-state index contributed by atoms with van der Waals surface area (Å²) in [7, 11) is -2.91. The van der Waals surface area contributed by atoms with Gasteiger partial charge in [0.1, 0.15) is 17.8 Å². The Labute approximate surface area is 183 Å². The zero-order valence-corrected chi connectivity index (χ0v) is 18.2. The van der Waals surface area contributed by atoms with Crippen LogP contribution in [0, 0.1) is 0 Å². The highest BCUT2D eigenvalue weighted by Gasteiger charge is 2.36. The van der Waals surface area contributed by atoms with Gasteiger partial charge in [0.15, 0.2) is 9.84 Å². The molecule has 31 heavy (non-hydrogen) atoms. The molecule has 0 radical (unpaired) electrons. The van der Waals surface area contributed by atoms with Crippen molar-refractivity contribution < 1.29 is 9.84 Å². The van der Waals surface area contributed by atoms with Crippen LogP contribution in [0.2, 0.25) is 0 Å². The maximum atomic E-state index is 12.0. The van der Waals surface area contributed by atoms with E-state index in [2.05, 4.69) is 55.5 Å². The van der Waals surface area contributed by atoms with Crippen LogP contribution in [0.25, 0.3) is 11.0 Å². The highest BCUT2D eigenvalue weighted by Crippen LogP contribution is 2.42. The highest BCUT2D eigenvalue weighted by atomic mass is 32.2. The Morgan fingerprint density at radius 1 is 1.10 bits per heavy atom. The molecule has 0 amide bonds. The second-order valence-electron chi connectivity index (χ2n) is 9.10. The number of sulfone groups is 1. The van der Waals surface area contributed by atoms with Crippen LogP contribution in [0.5, 0.6) is 0 Å². The molecule has 0 bridgehead atoms. The lowest BCUT2D eigenvalue weighted by Crippen LogP contribution is -2.51. The van der Waals surface area contributed by atoms with Crippen LogP contribution < -0.4 is 5.32 Å². The summed E-state index contributed by atoms with van der Waals surface area (Å²) in [4.78, 5) is 14.9. The van der Waals surface area contributed by atoms with Crippen molar-refractivity contribution >= 4 is 26.7 Å². The van der Waals surface area contributed by atoms with Gasteiger partial charge in [-0.1, -0.05) is 24.3 Å². The molecule has 0 spiro atoms. The van der Waals surface area contributed by atoms with Crippen molar-refractivity contribution in [1.82, 2.24) is 19.9 Å². The van der Waals surface area contributed by atoms with E-state index < -0.39 is 9.84 Å². The number of H-pyrrole nitrogens is 1. The predicted octanol–water partition coefficient (Wildman–Crippen LogP) is 3.28. The van der Waals surface area contributed by atoms with Crippen molar-refractivity contribution in [3.63, 3.8) is 0 Å². The van der Waals surface area contributed by atoms with Crippen LogP contribution in [-0.4, -0.2) is 58.9 Å². The molecule has 1 saturated carbocycles. The molecule has 2 atom stereocenters. The molecule has 2 aromatic heterocycles. The first-order valence-corrected chi connectivity index (χ1v) is 13.0. The fourth-order valence-electron chi connectivity index (χ4n) is 5.20. The van der Waals surface area contributed by atoms with Crippen molar-refractivity contribution in [1.29, 1.82) is 0 Å². The zero-order chi connectivity index (χ0) is 21.0. The number of anilines is 1. The topological polar surface area (TPSA) is 91.0 Å². The number of nitrogens with one attached hydrogen (secondary N) is 2. The number of aromatic amines is 1. The standard InChI is InChI=1S/C23H27N5O2S.H2/c29-31(30)11-9-28(10-12-31)20-8-7-15-3-1-2-4-17(15)21(20)27-23-18-13-19(16-5-6-16)26-22(18)24-14-25-23;/h1-4,13-14,16,20-21H,5-12H2,(H2,24,25,26,27);1H. The zero-order valence-electron chi connectivity index (χ0n) is 17.4. The number of rotatable bonds is 4. The van der Waals surface area contributed by atoms with E-state index in [1.807, 2.05) is 0 Å². The van der Waals surface area contributed by atoms with E-state index in [0.29, 0.717) is 19.0 Å². The van der Waals surface area contributed by atoms with Gasteiger partial charge in [0, 0.05) is 26.3 Å². The average Bonchev–Trinajstić information content (AvgIpc) is 3.53. The van der Waals surface area contributed by atoms with Crippen LogP contribution in [0.1, 0.15) is 49.5 Å². The number of hydrogen-bond donors (Lipinski definition) is 2. The lowest BCUT2D eigenvalue weighted by atomic mass is 9.83. The van der Waals surface area contributed by atoms with Gasteiger partial charge in [0.2, 0.25) is 0 Å². The number of aryl methyl sites for hydroxylation is 1. The van der Waals surface area contributed by atoms with Crippen LogP contribution in [0.3, 0.4) is 0 Å². The molecule has 164 valence electrons. The van der Waals surface area contributed by atoms with E-state index in [4.69, 9.17) is 0 Å². The molecule has 2 fully saturated rings. The summed E-state index contributed by atoms with van der Waals surface area (Å²) < 4.78 is 24.0. The molecule has 3 aliphatic rings. The first-order valence-electron chi connectivity index (χ1n) is 11.2. The van der Waals surface area contributed by atoms with Crippen LogP contribution in [0.15, 0.2) is 36.7 Å². The molecule has 2 N–H and O–H groups in total. The van der Waals surface area contributed by atoms with E-state index in [0.717, 1.165) is 29.7 Å². The Morgan fingerprint density at radius 2 is 1.90 bits per heavy atom. The van der Waals surface area contributed by atoms with E-state index in [1.54, 1.807) is 6.33 Å². The number of fused-ring (bicyclic) bond motifs is 2. The minimum Gasteiger partial charge on any atom is -0.361 e. The molecular formula is C23H29N5O2S. The third-order valence-electron chi connectivity index (χ3n) is 7.09. The summed E-state index contributed by atoms with van der Waals surface area (Å²) in [5.74, 6) is 1.97. The Morgan fingerprint density at radius 3 is 2.71 bits per heavy atom. The third kappa shape index (κ3) is 3.61. The second kappa shape index (κ2) is 7.31. The average molecular weight is 440 g/mol. The van der Waals surface area contributed by atoms with Gasteiger partial charge in [0.05, 0.1) is 22.9 Å². The van der Waals surface area contributed by atoms with E-state index in [-0.39, 0.29) is 25.0 Å². The molecule has 1 aliphatic heterocycles. The van der Waals surface area contributed by atoms with Crippen LogP contribution >= 0.6 is 0 Å². The molecule has 7 nitrogen and oxygen atoms in total. The van der Waals surface area contributed by atoms with Crippen molar-refractivity contribution in [2.45, 2.75) is 43.7 Å². The van der Waals surface area contributed by atoms with Gasteiger partial charge >= 0.3 is 0 Å². The van der Waals surface area contributed by atoms with Crippen molar-refractivity contribution in [2.75, 3.05) is 29.9 Å². The summed E-state index contributed by atoms with van der Waals surface area (Å²) in [6.07, 6.45) is 6.10. The lowest BCUT2D eigenvalue weighted by Gasteiger charge is -2.43. The molecule has 8 heteroatoms. The Balaban J connectivity index is 0.00000216. The molecule has 3 heterocycles. The number of benzene rings is 1. The number of hydrogen-bond acceptors (Lipinski definition) is 6. The normalized spacial score (nSPS) is 25.9. The molecule has 2 unspecified atom stereocenters. The maximum Gasteiger partial charge on any atom is 0.152 e. The molecule has 3 aromatic rings. The summed E-state index contributed by atoms with van der Waals surface area (Å²) in [6, 6.07) is 11.1. The first kappa shape index (κ1) is 19.3. The van der Waals surface area contributed by atoms with Crippen LogP contribution in [-0.2, 0) is 16.3 Å². The van der Waals surface area contributed by atoms with Crippen molar-refractivity contribution in [2.24, 2.45) is 0 Å². The lowest BCUT2D eigenvalue weighted by molar-refractivity contribution is 0.174. The molecular weight excluding hydrogens is 410 g/mol. The molecule has 6 rings (SSSR count). The van der Waals surface area contributed by atoms with E-state index in [1.165, 1.54) is 29.7 Å². The largest absolute Gasteiger partial charge is 0.361 e. The smallest absolute Gasteiger partial charge is 0.152 e. The summed E-state index contributed by atoms with van der Waals surface area (Å²) in [6.45, 7) is 1.20. The minimum absolute atomic E-state index is 0. The second-order valence-corrected chi connectivity index (χ2v) is 11.4. The van der Waals surface area contributed by atoms with Gasteiger partial charge in [-0.15, -0.1) is 0 Å². The first-order chi connectivity index (χ1) is 15.1. The maximum absolute atomic E-state index is 12.0. The quantitative estimate of drug-likeness (QED) is 0.648. The van der Waals surface area contributed by atoms with Gasteiger partial charge in [0.25, 0.3) is 0 Å². The minimum atomic E-state index is -2.91. The number of aromatic nitrogens is 3. The molecule has 2 aliphatic carbocycles. The Bertz CT molecular complexity index is 1230. The molecule has 1 saturated heterocycles. The summed E-state index contributed by atoms with van der Waals surface area (Å²) in [5, 5.41) is 4.79. The van der Waals surface area contributed by atoms with Crippen LogP contribution in [0.4, 0.5) is 5.82 Å². The van der Waals surface area contributed by atoms with Crippen molar-refractivity contribution in [3.05, 3.63) is 53.5 Å². The third-order valence-corrected chi connectivity index (χ3v) is 8.70. The van der Waals surface area contributed by atoms with E-state index in [9.17, 15) is 8.42 Å². The fourth-order valence-corrected chi connectivity index (χ4v) is 6.43. The highest BCUT2D eigenvalue weighted by molar-refractivity contribution is 7.91. The Kier molecular flexibility index (Phi) is 4.54. The monoisotopic (exact) mass is 439 g/mol. The van der Waals surface area contributed by atoms with Gasteiger partial charge in [-0.3, -0.25) is 4.90 Å². The van der Waals surface area contributed by atoms with Gasteiger partial charge in [-0.05, 0) is 48.8 Å². The van der Waals surface area contributed by atoms with Gasteiger partial charge in [-0.2, -0.15) is 0 Å². The van der Waals surface area contributed by atoms with Gasteiger partial charge in [-0.25, -0.2) is 18.4 Å². The van der Waals surface area contributed by atoms with E-state index >= 15 is 0 Å². The SMILES string of the molecule is O=S1(=O)CCN(C2CCc3ccccc3C2Nc2ncnc3[nH]c(C4CC4)cc23)CC1.[HH]. The molecule has 1 aromatic carbocycles. The number of nitrogens with zero attached hydrogens (tertiary/aromatic N) is 3. The predicted molar refractivity (Wildman–Crippen MR) is 123 cm³/mol. The summed E-state index contributed by atoms with van der Waals surface area (Å²) >= 11 is 0. The van der Waals surface area contributed by atoms with Crippen molar-refractivity contribution in [3.8, 4) is 0 Å². The van der Waals surface area contributed by atoms with Gasteiger partial charge < -0.3 is 10.3 Å². The fraction of sp³-hybridized carbons (Fsp3) is 0.478.